The first-order valence-corrected chi connectivity index (χ1v) is 9.81. The molecule has 146 valence electrons. The monoisotopic (exact) mass is 405 g/mol. The molecule has 1 saturated heterocycles. The van der Waals surface area contributed by atoms with Crippen LogP contribution < -0.4 is 10.2 Å². The molecule has 29 heavy (non-hydrogen) atoms. The van der Waals surface area contributed by atoms with E-state index in [4.69, 9.17) is 11.6 Å². The van der Waals surface area contributed by atoms with Gasteiger partial charge in [0.15, 0.2) is 0 Å². The van der Waals surface area contributed by atoms with Gasteiger partial charge in [0.25, 0.3) is 0 Å². The maximum atomic E-state index is 12.7. The Kier molecular flexibility index (Phi) is 5.58. The Bertz CT molecular complexity index is 1020. The highest BCUT2D eigenvalue weighted by molar-refractivity contribution is 6.33. The Labute approximate surface area is 174 Å². The largest absolute Gasteiger partial charge is 0.326 e. The SMILES string of the molecule is O=C(Nc1ccc(Cc2ccncc2)cc1)C1CC(=O)N(c2ccccc2Cl)C1. The molecule has 0 saturated carbocycles. The molecule has 4 rings (SSSR count). The van der Waals surface area contributed by atoms with Gasteiger partial charge in [0.2, 0.25) is 11.8 Å². The molecule has 5 nitrogen and oxygen atoms in total. The summed E-state index contributed by atoms with van der Waals surface area (Å²) in [6.07, 6.45) is 4.54. The van der Waals surface area contributed by atoms with Crippen LogP contribution in [0.25, 0.3) is 0 Å². The second-order valence-electron chi connectivity index (χ2n) is 7.08. The zero-order chi connectivity index (χ0) is 20.2. The van der Waals surface area contributed by atoms with Gasteiger partial charge in [-0.1, -0.05) is 35.9 Å². The number of anilines is 2. The first-order valence-electron chi connectivity index (χ1n) is 9.44. The molecule has 6 heteroatoms. The van der Waals surface area contributed by atoms with Crippen molar-refractivity contribution in [2.75, 3.05) is 16.8 Å². The van der Waals surface area contributed by atoms with Crippen molar-refractivity contribution in [2.45, 2.75) is 12.8 Å². The molecule has 2 amide bonds. The van der Waals surface area contributed by atoms with Crippen LogP contribution in [0.3, 0.4) is 0 Å². The Hall–Kier alpha value is -3.18. The molecule has 1 fully saturated rings. The summed E-state index contributed by atoms with van der Waals surface area (Å²) in [6.45, 7) is 0.328. The van der Waals surface area contributed by atoms with E-state index >= 15 is 0 Å². The number of carbonyl (C=O) groups is 2. The minimum atomic E-state index is -0.407. The highest BCUT2D eigenvalue weighted by Crippen LogP contribution is 2.31. The maximum Gasteiger partial charge on any atom is 0.229 e. The minimum Gasteiger partial charge on any atom is -0.326 e. The highest BCUT2D eigenvalue weighted by atomic mass is 35.5. The van der Waals surface area contributed by atoms with Gasteiger partial charge in [-0.15, -0.1) is 0 Å². The summed E-state index contributed by atoms with van der Waals surface area (Å²) in [5.74, 6) is -0.656. The predicted octanol–water partition coefficient (Wildman–Crippen LogP) is 4.32. The van der Waals surface area contributed by atoms with Gasteiger partial charge in [-0.25, -0.2) is 0 Å². The number of pyridine rings is 1. The Morgan fingerprint density at radius 3 is 2.45 bits per heavy atom. The van der Waals surface area contributed by atoms with Crippen molar-refractivity contribution in [2.24, 2.45) is 5.92 Å². The van der Waals surface area contributed by atoms with Crippen LogP contribution >= 0.6 is 11.6 Å². The lowest BCUT2D eigenvalue weighted by atomic mass is 10.1. The number of nitrogens with zero attached hydrogens (tertiary/aromatic N) is 2. The van der Waals surface area contributed by atoms with Crippen molar-refractivity contribution < 1.29 is 9.59 Å². The topological polar surface area (TPSA) is 62.3 Å². The van der Waals surface area contributed by atoms with E-state index in [1.54, 1.807) is 29.4 Å². The summed E-state index contributed by atoms with van der Waals surface area (Å²) < 4.78 is 0. The van der Waals surface area contributed by atoms with Crippen LogP contribution in [0.1, 0.15) is 17.5 Å². The van der Waals surface area contributed by atoms with Gasteiger partial charge in [0.1, 0.15) is 0 Å². The smallest absolute Gasteiger partial charge is 0.229 e. The van der Waals surface area contributed by atoms with Crippen LogP contribution in [0.15, 0.2) is 73.1 Å². The van der Waals surface area contributed by atoms with E-state index < -0.39 is 5.92 Å². The van der Waals surface area contributed by atoms with E-state index in [-0.39, 0.29) is 18.2 Å². The van der Waals surface area contributed by atoms with Gasteiger partial charge in [-0.2, -0.15) is 0 Å². The lowest BCUT2D eigenvalue weighted by Gasteiger charge is -2.18. The number of hydrogen-bond donors (Lipinski definition) is 1. The molecule has 0 aliphatic carbocycles. The quantitative estimate of drug-likeness (QED) is 0.687. The first-order chi connectivity index (χ1) is 14.1. The van der Waals surface area contributed by atoms with E-state index in [2.05, 4.69) is 10.3 Å². The number of amides is 2. The first kappa shape index (κ1) is 19.2. The van der Waals surface area contributed by atoms with Gasteiger partial charge in [0.05, 0.1) is 16.6 Å². The van der Waals surface area contributed by atoms with Crippen molar-refractivity contribution in [1.82, 2.24) is 4.98 Å². The van der Waals surface area contributed by atoms with E-state index in [1.165, 1.54) is 5.56 Å². The third kappa shape index (κ3) is 4.46. The number of nitrogens with one attached hydrogen (secondary N) is 1. The molecule has 0 spiro atoms. The molecule has 0 bridgehead atoms. The van der Waals surface area contributed by atoms with E-state index in [9.17, 15) is 9.59 Å². The summed E-state index contributed by atoms with van der Waals surface area (Å²) in [5.41, 5.74) is 3.70. The van der Waals surface area contributed by atoms with Crippen molar-refractivity contribution in [1.29, 1.82) is 0 Å². The molecule has 1 aromatic heterocycles. The van der Waals surface area contributed by atoms with Gasteiger partial charge < -0.3 is 10.2 Å². The number of hydrogen-bond acceptors (Lipinski definition) is 3. The average molecular weight is 406 g/mol. The third-order valence-corrected chi connectivity index (χ3v) is 5.34. The number of rotatable bonds is 5. The fraction of sp³-hybridized carbons (Fsp3) is 0.174. The number of benzene rings is 2. The number of carbonyl (C=O) groups excluding carboxylic acids is 2. The van der Waals surface area contributed by atoms with Crippen LogP contribution in [0.4, 0.5) is 11.4 Å². The van der Waals surface area contributed by atoms with Crippen molar-refractivity contribution in [3.8, 4) is 0 Å². The maximum absolute atomic E-state index is 12.7. The molecular weight excluding hydrogens is 386 g/mol. The molecule has 3 aromatic rings. The molecule has 1 N–H and O–H groups in total. The summed E-state index contributed by atoms with van der Waals surface area (Å²) in [4.78, 5) is 30.7. The van der Waals surface area contributed by atoms with Crippen molar-refractivity contribution in [3.05, 3.63) is 89.2 Å². The van der Waals surface area contributed by atoms with Crippen LogP contribution in [-0.2, 0) is 16.0 Å². The van der Waals surface area contributed by atoms with Crippen LogP contribution in [0, 0.1) is 5.92 Å². The van der Waals surface area contributed by atoms with Gasteiger partial charge >= 0.3 is 0 Å². The second kappa shape index (κ2) is 8.45. The number of aromatic nitrogens is 1. The van der Waals surface area contributed by atoms with Gasteiger partial charge in [-0.05, 0) is 53.9 Å². The van der Waals surface area contributed by atoms with Gasteiger partial charge in [-0.3, -0.25) is 14.6 Å². The van der Waals surface area contributed by atoms with Gasteiger partial charge in [0, 0.05) is 31.0 Å². The summed E-state index contributed by atoms with van der Waals surface area (Å²) in [7, 11) is 0. The van der Waals surface area contributed by atoms with Crippen LogP contribution in [-0.4, -0.2) is 23.3 Å². The van der Waals surface area contributed by atoms with E-state index in [1.807, 2.05) is 48.5 Å². The molecule has 0 radical (unpaired) electrons. The molecule has 1 aliphatic rings. The Morgan fingerprint density at radius 1 is 1.03 bits per heavy atom. The average Bonchev–Trinajstić information content (AvgIpc) is 3.12. The molecule has 1 atom stereocenters. The zero-order valence-electron chi connectivity index (χ0n) is 15.7. The summed E-state index contributed by atoms with van der Waals surface area (Å²) in [5, 5.41) is 3.43. The van der Waals surface area contributed by atoms with Crippen molar-refractivity contribution in [3.63, 3.8) is 0 Å². The fourth-order valence-corrected chi connectivity index (χ4v) is 3.71. The molecule has 1 unspecified atom stereocenters. The molecular formula is C23H20ClN3O2. The Balaban J connectivity index is 1.38. The lowest BCUT2D eigenvalue weighted by Crippen LogP contribution is -2.28. The molecule has 2 aromatic carbocycles. The standard InChI is InChI=1S/C23H20ClN3O2/c24-20-3-1-2-4-21(20)27-15-18(14-22(27)28)23(29)26-19-7-5-16(6-8-19)13-17-9-11-25-12-10-17/h1-12,18H,13-15H2,(H,26,29). The van der Waals surface area contributed by atoms with E-state index in [0.29, 0.717) is 17.3 Å². The predicted molar refractivity (Wildman–Crippen MR) is 114 cm³/mol. The van der Waals surface area contributed by atoms with Crippen LogP contribution in [0.2, 0.25) is 5.02 Å². The van der Waals surface area contributed by atoms with Crippen LogP contribution in [0.5, 0.6) is 0 Å². The second-order valence-corrected chi connectivity index (χ2v) is 7.48. The minimum absolute atomic E-state index is 0.0917. The van der Waals surface area contributed by atoms with Crippen molar-refractivity contribution >= 4 is 34.8 Å². The summed E-state index contributed by atoms with van der Waals surface area (Å²) in [6, 6.07) is 18.9. The normalized spacial score (nSPS) is 16.1. The highest BCUT2D eigenvalue weighted by Gasteiger charge is 2.35. The number of halogens is 1. The Morgan fingerprint density at radius 2 is 1.72 bits per heavy atom. The zero-order valence-corrected chi connectivity index (χ0v) is 16.5. The van der Waals surface area contributed by atoms with E-state index in [0.717, 1.165) is 17.7 Å². The lowest BCUT2D eigenvalue weighted by molar-refractivity contribution is -0.122. The summed E-state index contributed by atoms with van der Waals surface area (Å²) >= 11 is 6.20. The molecule has 1 aliphatic heterocycles. The third-order valence-electron chi connectivity index (χ3n) is 5.02. The fourth-order valence-electron chi connectivity index (χ4n) is 3.47. The molecule has 2 heterocycles. The number of para-hydroxylation sites is 1.